The van der Waals surface area contributed by atoms with Crippen LogP contribution in [0, 0.1) is 6.92 Å². The number of carbonyl (C=O) groups excluding carboxylic acids is 2. The monoisotopic (exact) mass is 486 g/mol. The number of aryl methyl sites for hydroxylation is 1. The van der Waals surface area contributed by atoms with Crippen molar-refractivity contribution < 1.29 is 14.3 Å². The number of pyridine rings is 1. The molecule has 2 saturated heterocycles. The number of hydrogen-bond donors (Lipinski definition) is 1. The Morgan fingerprint density at radius 3 is 2.36 bits per heavy atom. The van der Waals surface area contributed by atoms with Gasteiger partial charge in [-0.1, -0.05) is 43.2 Å². The molecule has 0 bridgehead atoms. The Balaban J connectivity index is 1.27. The van der Waals surface area contributed by atoms with Crippen LogP contribution in [-0.4, -0.2) is 52.9 Å². The molecule has 7 heteroatoms. The van der Waals surface area contributed by atoms with Gasteiger partial charge in [-0.25, -0.2) is 4.79 Å². The Hall–Kier alpha value is -3.61. The maximum atomic E-state index is 13.0. The van der Waals surface area contributed by atoms with Crippen molar-refractivity contribution in [2.24, 2.45) is 5.73 Å². The molecule has 5 rings (SSSR count). The number of nitrogens with zero attached hydrogens (tertiary/aromatic N) is 3. The summed E-state index contributed by atoms with van der Waals surface area (Å²) in [6, 6.07) is 18.1. The molecule has 2 aliphatic rings. The third-order valence-electron chi connectivity index (χ3n) is 7.44. The Bertz CT molecular complexity index is 1240. The van der Waals surface area contributed by atoms with E-state index in [1.54, 1.807) is 0 Å². The van der Waals surface area contributed by atoms with Crippen molar-refractivity contribution >= 4 is 22.8 Å². The molecule has 0 radical (unpaired) electrons. The Kier molecular flexibility index (Phi) is 6.81. The predicted octanol–water partition coefficient (Wildman–Crippen LogP) is 4.55. The summed E-state index contributed by atoms with van der Waals surface area (Å²) in [5.74, 6) is 0.403. The normalized spacial score (nSPS) is 17.4. The smallest absolute Gasteiger partial charge is 0.320 e. The first-order valence-electron chi connectivity index (χ1n) is 12.8. The zero-order valence-electron chi connectivity index (χ0n) is 20.9. The van der Waals surface area contributed by atoms with Crippen LogP contribution in [0.2, 0.25) is 0 Å². The van der Waals surface area contributed by atoms with E-state index in [2.05, 4.69) is 17.1 Å². The fourth-order valence-corrected chi connectivity index (χ4v) is 5.59. The number of aromatic nitrogens is 1. The van der Waals surface area contributed by atoms with Crippen LogP contribution in [0.1, 0.15) is 48.9 Å². The predicted molar refractivity (Wildman–Crippen MR) is 140 cm³/mol. The Morgan fingerprint density at radius 1 is 0.972 bits per heavy atom. The lowest BCUT2D eigenvalue weighted by molar-refractivity contribution is -0.120. The minimum atomic E-state index is -0.440. The molecule has 2 aromatic carbocycles. The van der Waals surface area contributed by atoms with E-state index < -0.39 is 5.41 Å². The zero-order valence-corrected chi connectivity index (χ0v) is 20.9. The standard InChI is InChI=1S/C29H34N4O3/c1-21-16-22(25-8-4-5-9-26(25)31-21)18-36-24-12-10-23(11-13-24)29(17-27(30)34)19-33(20-29)28(35)32-14-6-2-3-7-15-32/h4-5,8-13,16H,2-3,6-7,14-15,17-20H2,1H3,(H2,30,34). The van der Waals surface area contributed by atoms with Gasteiger partial charge in [0.25, 0.3) is 0 Å². The van der Waals surface area contributed by atoms with Gasteiger partial charge in [-0.05, 0) is 49.6 Å². The fourth-order valence-electron chi connectivity index (χ4n) is 5.59. The number of amides is 3. The van der Waals surface area contributed by atoms with Gasteiger partial charge < -0.3 is 20.3 Å². The molecule has 0 saturated carbocycles. The average Bonchev–Trinajstić information content (AvgIpc) is 3.14. The molecule has 0 atom stereocenters. The van der Waals surface area contributed by atoms with Crippen molar-refractivity contribution in [2.75, 3.05) is 26.2 Å². The van der Waals surface area contributed by atoms with Crippen LogP contribution in [0.25, 0.3) is 10.9 Å². The SMILES string of the molecule is Cc1cc(COc2ccc(C3(CC(N)=O)CN(C(=O)N4CCCCCC4)C3)cc2)c2ccccc2n1. The topological polar surface area (TPSA) is 88.8 Å². The Morgan fingerprint density at radius 2 is 1.67 bits per heavy atom. The van der Waals surface area contributed by atoms with Crippen LogP contribution < -0.4 is 10.5 Å². The maximum absolute atomic E-state index is 13.0. The molecule has 2 aliphatic heterocycles. The first kappa shape index (κ1) is 24.1. The zero-order chi connectivity index (χ0) is 25.1. The second kappa shape index (κ2) is 10.2. The number of rotatable bonds is 6. The van der Waals surface area contributed by atoms with E-state index in [-0.39, 0.29) is 18.4 Å². The molecule has 2 fully saturated rings. The van der Waals surface area contributed by atoms with Gasteiger partial charge in [0.2, 0.25) is 5.91 Å². The number of carbonyl (C=O) groups is 2. The summed E-state index contributed by atoms with van der Waals surface area (Å²) >= 11 is 0. The molecule has 36 heavy (non-hydrogen) atoms. The molecule has 0 aliphatic carbocycles. The molecule has 3 amide bonds. The highest BCUT2D eigenvalue weighted by molar-refractivity contribution is 5.82. The lowest BCUT2D eigenvalue weighted by Crippen LogP contribution is -2.64. The minimum Gasteiger partial charge on any atom is -0.489 e. The summed E-state index contributed by atoms with van der Waals surface area (Å²) in [4.78, 5) is 33.4. The van der Waals surface area contributed by atoms with Crippen molar-refractivity contribution in [3.63, 3.8) is 0 Å². The third-order valence-corrected chi connectivity index (χ3v) is 7.44. The van der Waals surface area contributed by atoms with E-state index in [0.717, 1.165) is 59.4 Å². The van der Waals surface area contributed by atoms with Gasteiger partial charge >= 0.3 is 6.03 Å². The van der Waals surface area contributed by atoms with Gasteiger partial charge in [-0.15, -0.1) is 0 Å². The molecule has 0 spiro atoms. The molecule has 1 aromatic heterocycles. The molecule has 3 aromatic rings. The third kappa shape index (κ3) is 5.01. The van der Waals surface area contributed by atoms with Crippen LogP contribution in [0.5, 0.6) is 5.75 Å². The molecular weight excluding hydrogens is 452 g/mol. The molecule has 3 heterocycles. The van der Waals surface area contributed by atoms with Crippen LogP contribution in [-0.2, 0) is 16.8 Å². The first-order chi connectivity index (χ1) is 17.4. The number of urea groups is 1. The van der Waals surface area contributed by atoms with E-state index >= 15 is 0 Å². The minimum absolute atomic E-state index is 0.0804. The van der Waals surface area contributed by atoms with Crippen molar-refractivity contribution in [1.29, 1.82) is 0 Å². The average molecular weight is 487 g/mol. The van der Waals surface area contributed by atoms with E-state index in [1.165, 1.54) is 12.8 Å². The van der Waals surface area contributed by atoms with Crippen LogP contribution in [0.4, 0.5) is 4.79 Å². The van der Waals surface area contributed by atoms with Gasteiger partial charge in [-0.3, -0.25) is 9.78 Å². The summed E-state index contributed by atoms with van der Waals surface area (Å²) in [7, 11) is 0. The van der Waals surface area contributed by atoms with Gasteiger partial charge in [-0.2, -0.15) is 0 Å². The van der Waals surface area contributed by atoms with Crippen molar-refractivity contribution in [1.82, 2.24) is 14.8 Å². The first-order valence-corrected chi connectivity index (χ1v) is 12.8. The summed E-state index contributed by atoms with van der Waals surface area (Å²) in [5.41, 5.74) is 9.21. The van der Waals surface area contributed by atoms with E-state index in [9.17, 15) is 9.59 Å². The fraction of sp³-hybridized carbons (Fsp3) is 0.414. The van der Waals surface area contributed by atoms with E-state index in [0.29, 0.717) is 19.7 Å². The van der Waals surface area contributed by atoms with Crippen LogP contribution >= 0.6 is 0 Å². The quantitative estimate of drug-likeness (QED) is 0.554. The van der Waals surface area contributed by atoms with Gasteiger partial charge in [0, 0.05) is 54.7 Å². The molecule has 7 nitrogen and oxygen atoms in total. The van der Waals surface area contributed by atoms with E-state index in [1.807, 2.05) is 59.2 Å². The summed E-state index contributed by atoms with van der Waals surface area (Å²) < 4.78 is 6.12. The number of para-hydroxylation sites is 1. The summed E-state index contributed by atoms with van der Waals surface area (Å²) in [6.45, 7) is 5.07. The molecular formula is C29H34N4O3. The lowest BCUT2D eigenvalue weighted by Gasteiger charge is -2.51. The largest absolute Gasteiger partial charge is 0.489 e. The highest BCUT2D eigenvalue weighted by atomic mass is 16.5. The second-order valence-electron chi connectivity index (χ2n) is 10.2. The molecule has 0 unspecified atom stereocenters. The summed E-state index contributed by atoms with van der Waals surface area (Å²) in [5, 5.41) is 1.09. The molecule has 188 valence electrons. The van der Waals surface area contributed by atoms with Gasteiger partial charge in [0.15, 0.2) is 0 Å². The lowest BCUT2D eigenvalue weighted by atomic mass is 9.71. The highest BCUT2D eigenvalue weighted by Crippen LogP contribution is 2.39. The second-order valence-corrected chi connectivity index (χ2v) is 10.2. The number of hydrogen-bond acceptors (Lipinski definition) is 4. The van der Waals surface area contributed by atoms with Crippen molar-refractivity contribution in [3.05, 3.63) is 71.4 Å². The number of likely N-dealkylation sites (tertiary alicyclic amines) is 2. The number of primary amides is 1. The van der Waals surface area contributed by atoms with Gasteiger partial charge in [0.1, 0.15) is 12.4 Å². The Labute approximate surface area is 212 Å². The summed E-state index contributed by atoms with van der Waals surface area (Å²) in [6.07, 6.45) is 4.70. The highest BCUT2D eigenvalue weighted by Gasteiger charge is 2.48. The molecule has 2 N–H and O–H groups in total. The van der Waals surface area contributed by atoms with Crippen molar-refractivity contribution in [3.8, 4) is 5.75 Å². The van der Waals surface area contributed by atoms with Crippen LogP contribution in [0.3, 0.4) is 0 Å². The maximum Gasteiger partial charge on any atom is 0.320 e. The van der Waals surface area contributed by atoms with E-state index in [4.69, 9.17) is 10.5 Å². The number of benzene rings is 2. The number of nitrogens with two attached hydrogens (primary N) is 1. The van der Waals surface area contributed by atoms with Crippen LogP contribution in [0.15, 0.2) is 54.6 Å². The van der Waals surface area contributed by atoms with Crippen molar-refractivity contribution in [2.45, 2.75) is 51.0 Å². The van der Waals surface area contributed by atoms with Gasteiger partial charge in [0.05, 0.1) is 5.52 Å². The number of ether oxygens (including phenoxy) is 1. The number of fused-ring (bicyclic) bond motifs is 1.